The number of fused-ring (bicyclic) bond motifs is 1. The Labute approximate surface area is 235 Å². The average molecular weight is 553 g/mol. The summed E-state index contributed by atoms with van der Waals surface area (Å²) in [6, 6.07) is 18.2. The number of carbonyl (C=O) groups is 2. The van der Waals surface area contributed by atoms with Gasteiger partial charge in [-0.1, -0.05) is 30.3 Å². The molecule has 3 aromatic heterocycles. The molecule has 1 aliphatic heterocycles. The van der Waals surface area contributed by atoms with Crippen LogP contribution in [0.1, 0.15) is 47.6 Å². The van der Waals surface area contributed by atoms with Crippen LogP contribution in [0.3, 0.4) is 0 Å². The molecule has 2 N–H and O–H groups in total. The third-order valence-corrected chi connectivity index (χ3v) is 7.30. The zero-order valence-corrected chi connectivity index (χ0v) is 22.6. The lowest BCUT2D eigenvalue weighted by molar-refractivity contribution is -0.114. The van der Waals surface area contributed by atoms with Crippen LogP contribution in [0.5, 0.6) is 0 Å². The molecule has 2 amide bonds. The number of piperidine rings is 1. The number of rotatable bonds is 6. The van der Waals surface area contributed by atoms with Crippen LogP contribution < -0.4 is 5.32 Å². The topological polar surface area (TPSA) is 152 Å². The van der Waals surface area contributed by atoms with Gasteiger partial charge in [-0.3, -0.25) is 14.6 Å². The van der Waals surface area contributed by atoms with Gasteiger partial charge in [0.25, 0.3) is 5.91 Å². The van der Waals surface area contributed by atoms with E-state index in [9.17, 15) is 14.7 Å². The molecule has 1 aliphatic rings. The van der Waals surface area contributed by atoms with Crippen LogP contribution in [0.2, 0.25) is 0 Å². The third kappa shape index (κ3) is 5.29. The Morgan fingerprint density at radius 1 is 1.07 bits per heavy atom. The van der Waals surface area contributed by atoms with Crippen molar-refractivity contribution in [1.82, 2.24) is 35.1 Å². The number of pyridine rings is 1. The van der Waals surface area contributed by atoms with Gasteiger partial charge in [-0.15, -0.1) is 10.2 Å². The van der Waals surface area contributed by atoms with Gasteiger partial charge in [0, 0.05) is 37.5 Å². The SMILES string of the molecule is CC(=O)Nc1ccc2oc(-c3ccnc(C(=O)N4CCC(O)(C(c5ccccc5)c5nnn(C)n5)CC4)c3)nc2c1. The summed E-state index contributed by atoms with van der Waals surface area (Å²) in [7, 11) is 1.69. The Bertz CT molecular complexity index is 1720. The zero-order chi connectivity index (χ0) is 28.6. The quantitative estimate of drug-likeness (QED) is 0.323. The minimum absolute atomic E-state index is 0.178. The van der Waals surface area contributed by atoms with Crippen molar-refractivity contribution in [2.45, 2.75) is 31.3 Å². The first-order chi connectivity index (χ1) is 19.8. The van der Waals surface area contributed by atoms with E-state index < -0.39 is 11.5 Å². The van der Waals surface area contributed by atoms with Gasteiger partial charge in [-0.2, -0.15) is 4.80 Å². The number of aryl methyl sites for hydroxylation is 1. The molecule has 1 unspecified atom stereocenters. The largest absolute Gasteiger partial charge is 0.436 e. The summed E-state index contributed by atoms with van der Waals surface area (Å²) >= 11 is 0. The number of likely N-dealkylation sites (tertiary alicyclic amines) is 1. The van der Waals surface area contributed by atoms with Crippen molar-refractivity contribution in [2.75, 3.05) is 18.4 Å². The number of nitrogens with one attached hydrogen (secondary N) is 1. The number of tetrazole rings is 1. The number of aromatic nitrogens is 6. The predicted octanol–water partition coefficient (Wildman–Crippen LogP) is 3.17. The van der Waals surface area contributed by atoms with Gasteiger partial charge < -0.3 is 19.7 Å². The monoisotopic (exact) mass is 552 g/mol. The second kappa shape index (κ2) is 10.5. The number of hydrogen-bond donors (Lipinski definition) is 2. The predicted molar refractivity (Wildman–Crippen MR) is 149 cm³/mol. The number of aliphatic hydroxyl groups is 1. The molecule has 1 fully saturated rings. The van der Waals surface area contributed by atoms with E-state index in [4.69, 9.17) is 4.42 Å². The van der Waals surface area contributed by atoms with Crippen molar-refractivity contribution in [3.8, 4) is 11.5 Å². The Morgan fingerprint density at radius 2 is 1.85 bits per heavy atom. The molecule has 208 valence electrons. The third-order valence-electron chi connectivity index (χ3n) is 7.30. The Morgan fingerprint density at radius 3 is 2.56 bits per heavy atom. The normalized spacial score (nSPS) is 15.5. The van der Waals surface area contributed by atoms with Gasteiger partial charge in [0.2, 0.25) is 11.8 Å². The highest BCUT2D eigenvalue weighted by atomic mass is 16.3. The molecule has 6 rings (SSSR count). The summed E-state index contributed by atoms with van der Waals surface area (Å²) in [5.41, 5.74) is 2.34. The maximum atomic E-state index is 13.5. The van der Waals surface area contributed by atoms with Crippen LogP contribution in [0.4, 0.5) is 5.69 Å². The fourth-order valence-electron chi connectivity index (χ4n) is 5.32. The summed E-state index contributed by atoms with van der Waals surface area (Å²) in [5, 5.41) is 27.1. The number of anilines is 1. The highest BCUT2D eigenvalue weighted by Crippen LogP contribution is 2.40. The fraction of sp³-hybridized carbons (Fsp3) is 0.276. The van der Waals surface area contributed by atoms with Crippen LogP contribution in [-0.2, 0) is 11.8 Å². The molecule has 0 aliphatic carbocycles. The fourth-order valence-corrected chi connectivity index (χ4v) is 5.32. The van der Waals surface area contributed by atoms with Crippen molar-refractivity contribution in [3.05, 3.63) is 83.9 Å². The van der Waals surface area contributed by atoms with E-state index in [1.54, 1.807) is 48.5 Å². The molecule has 12 nitrogen and oxygen atoms in total. The highest BCUT2D eigenvalue weighted by Gasteiger charge is 2.44. The lowest BCUT2D eigenvalue weighted by Gasteiger charge is -2.42. The van der Waals surface area contributed by atoms with E-state index in [-0.39, 0.29) is 17.5 Å². The number of hydrogen-bond acceptors (Lipinski definition) is 9. The second-order valence-corrected chi connectivity index (χ2v) is 10.2. The summed E-state index contributed by atoms with van der Waals surface area (Å²) < 4.78 is 5.91. The van der Waals surface area contributed by atoms with Gasteiger partial charge in [-0.05, 0) is 54.0 Å². The summed E-state index contributed by atoms with van der Waals surface area (Å²) in [6.45, 7) is 2.10. The Balaban J connectivity index is 1.20. The van der Waals surface area contributed by atoms with Gasteiger partial charge in [-0.25, -0.2) is 4.98 Å². The number of benzene rings is 2. The minimum atomic E-state index is -1.16. The molecule has 0 radical (unpaired) electrons. The standard InChI is InChI=1S/C29H28N8O4/c1-18(38)31-21-8-9-24-22(17-21)32-27(41-24)20-10-13-30-23(16-20)28(39)37-14-11-29(40,12-15-37)25(19-6-4-3-5-7-19)26-33-35-36(2)34-26/h3-10,13,16-17,25,40H,11-12,14-15H2,1-2H3,(H,31,38). The molecule has 0 saturated carbocycles. The van der Waals surface area contributed by atoms with Crippen molar-refractivity contribution >= 4 is 28.6 Å². The zero-order valence-electron chi connectivity index (χ0n) is 22.6. The van der Waals surface area contributed by atoms with Gasteiger partial charge in [0.1, 0.15) is 11.2 Å². The second-order valence-electron chi connectivity index (χ2n) is 10.2. The Hall–Kier alpha value is -4.97. The highest BCUT2D eigenvalue weighted by molar-refractivity contribution is 5.94. The first-order valence-electron chi connectivity index (χ1n) is 13.2. The van der Waals surface area contributed by atoms with E-state index in [0.29, 0.717) is 60.0 Å². The molecule has 1 saturated heterocycles. The van der Waals surface area contributed by atoms with Crippen molar-refractivity contribution < 1.29 is 19.1 Å². The first-order valence-corrected chi connectivity index (χ1v) is 13.2. The van der Waals surface area contributed by atoms with Crippen molar-refractivity contribution in [3.63, 3.8) is 0 Å². The first kappa shape index (κ1) is 26.3. The van der Waals surface area contributed by atoms with E-state index in [1.807, 2.05) is 30.3 Å². The molecule has 5 aromatic rings. The van der Waals surface area contributed by atoms with E-state index in [0.717, 1.165) is 5.56 Å². The summed E-state index contributed by atoms with van der Waals surface area (Å²) in [4.78, 5) is 36.8. The van der Waals surface area contributed by atoms with E-state index in [1.165, 1.54) is 11.7 Å². The smallest absolute Gasteiger partial charge is 0.272 e. The molecule has 4 heterocycles. The molecular weight excluding hydrogens is 524 g/mol. The van der Waals surface area contributed by atoms with Crippen molar-refractivity contribution in [1.29, 1.82) is 0 Å². The molecular formula is C29H28N8O4. The van der Waals surface area contributed by atoms with Gasteiger partial charge in [0.15, 0.2) is 11.4 Å². The van der Waals surface area contributed by atoms with E-state index in [2.05, 4.69) is 30.7 Å². The molecule has 0 bridgehead atoms. The van der Waals surface area contributed by atoms with E-state index >= 15 is 0 Å². The summed E-state index contributed by atoms with van der Waals surface area (Å²) in [5.74, 6) is -0.125. The maximum absolute atomic E-state index is 13.5. The lowest BCUT2D eigenvalue weighted by Crippen LogP contribution is -2.50. The summed E-state index contributed by atoms with van der Waals surface area (Å²) in [6.07, 6.45) is 2.21. The van der Waals surface area contributed by atoms with Gasteiger partial charge in [0.05, 0.1) is 18.6 Å². The van der Waals surface area contributed by atoms with Crippen LogP contribution >= 0.6 is 0 Å². The lowest BCUT2D eigenvalue weighted by atomic mass is 9.75. The number of nitrogens with zero attached hydrogens (tertiary/aromatic N) is 7. The van der Waals surface area contributed by atoms with Gasteiger partial charge >= 0.3 is 0 Å². The number of amides is 2. The minimum Gasteiger partial charge on any atom is -0.436 e. The maximum Gasteiger partial charge on any atom is 0.272 e. The van der Waals surface area contributed by atoms with Crippen LogP contribution in [0, 0.1) is 0 Å². The molecule has 2 aromatic carbocycles. The Kier molecular flexibility index (Phi) is 6.75. The molecule has 0 spiro atoms. The molecule has 41 heavy (non-hydrogen) atoms. The number of carbonyl (C=O) groups excluding carboxylic acids is 2. The molecule has 1 atom stereocenters. The molecule has 12 heteroatoms. The van der Waals surface area contributed by atoms with Crippen LogP contribution in [0.25, 0.3) is 22.6 Å². The van der Waals surface area contributed by atoms with Crippen LogP contribution in [0.15, 0.2) is 71.3 Å². The number of oxazole rings is 1. The van der Waals surface area contributed by atoms with Crippen LogP contribution in [-0.4, -0.2) is 70.7 Å². The average Bonchev–Trinajstić information content (AvgIpc) is 3.59. The van der Waals surface area contributed by atoms with Crippen molar-refractivity contribution in [2.24, 2.45) is 7.05 Å².